The number of sulfone groups is 1. The van der Waals surface area contributed by atoms with E-state index in [4.69, 9.17) is 23.2 Å². The van der Waals surface area contributed by atoms with Crippen LogP contribution in [0.15, 0.2) is 47.5 Å². The van der Waals surface area contributed by atoms with Gasteiger partial charge in [0.15, 0.2) is 15.0 Å². The first-order valence-electron chi connectivity index (χ1n) is 8.83. The lowest BCUT2D eigenvalue weighted by Gasteiger charge is -2.09. The highest BCUT2D eigenvalue weighted by Gasteiger charge is 2.42. The summed E-state index contributed by atoms with van der Waals surface area (Å²) >= 11 is 13.3. The van der Waals surface area contributed by atoms with Gasteiger partial charge in [-0.05, 0) is 42.0 Å². The lowest BCUT2D eigenvalue weighted by atomic mass is 10.1. The predicted molar refractivity (Wildman–Crippen MR) is 119 cm³/mol. The molecule has 2 atom stereocenters. The molecule has 10 heteroatoms. The molecule has 4 rings (SSSR count). The van der Waals surface area contributed by atoms with E-state index in [1.807, 2.05) is 6.07 Å². The van der Waals surface area contributed by atoms with E-state index in [9.17, 15) is 13.2 Å². The first-order chi connectivity index (χ1) is 13.8. The lowest BCUT2D eigenvalue weighted by Crippen LogP contribution is -2.22. The van der Waals surface area contributed by atoms with E-state index in [0.29, 0.717) is 27.3 Å². The standard InChI is InChI=1S/C19H17Cl2N3O3S2/c20-14-6-1-11(7-15(14)21)8-22-18(25)12-2-4-13(5-3-12)23-19-24-16-9-29(26,27)10-17(16)28-19/h1-7,16-17H,8-10H2,(H,22,25)(H,23,24)/t16-,17+/m1/s1. The van der Waals surface area contributed by atoms with Crippen molar-refractivity contribution in [2.24, 2.45) is 4.99 Å². The van der Waals surface area contributed by atoms with Gasteiger partial charge in [-0.3, -0.25) is 9.79 Å². The molecule has 0 saturated carbocycles. The molecular weight excluding hydrogens is 453 g/mol. The molecule has 2 aromatic rings. The van der Waals surface area contributed by atoms with Crippen molar-refractivity contribution in [2.45, 2.75) is 17.8 Å². The molecule has 2 aliphatic heterocycles. The number of carbonyl (C=O) groups excluding carboxylic acids is 1. The number of halogens is 2. The van der Waals surface area contributed by atoms with Gasteiger partial charge < -0.3 is 10.6 Å². The van der Waals surface area contributed by atoms with Crippen molar-refractivity contribution >= 4 is 61.6 Å². The van der Waals surface area contributed by atoms with Crippen LogP contribution in [0.25, 0.3) is 0 Å². The van der Waals surface area contributed by atoms with Crippen LogP contribution in [0.3, 0.4) is 0 Å². The molecule has 1 saturated heterocycles. The number of anilines is 1. The topological polar surface area (TPSA) is 87.6 Å². The summed E-state index contributed by atoms with van der Waals surface area (Å²) < 4.78 is 23.3. The third kappa shape index (κ3) is 4.88. The van der Waals surface area contributed by atoms with Crippen LogP contribution in [0.1, 0.15) is 15.9 Å². The Morgan fingerprint density at radius 1 is 1.10 bits per heavy atom. The highest BCUT2D eigenvalue weighted by molar-refractivity contribution is 8.15. The second-order valence-corrected chi connectivity index (χ2v) is 11.1. The number of aliphatic imine (C=N–C) groups is 1. The van der Waals surface area contributed by atoms with Crippen molar-refractivity contribution < 1.29 is 13.2 Å². The van der Waals surface area contributed by atoms with Crippen LogP contribution in [-0.2, 0) is 16.4 Å². The van der Waals surface area contributed by atoms with Gasteiger partial charge in [0, 0.05) is 23.0 Å². The quantitative estimate of drug-likeness (QED) is 0.713. The molecule has 2 aliphatic rings. The zero-order valence-corrected chi connectivity index (χ0v) is 18.2. The van der Waals surface area contributed by atoms with Crippen molar-refractivity contribution in [3.63, 3.8) is 0 Å². The Morgan fingerprint density at radius 3 is 2.55 bits per heavy atom. The van der Waals surface area contributed by atoms with Gasteiger partial charge >= 0.3 is 0 Å². The number of nitrogens with one attached hydrogen (secondary N) is 2. The molecule has 0 aliphatic carbocycles. The fraction of sp³-hybridized carbons (Fsp3) is 0.263. The molecule has 2 aromatic carbocycles. The summed E-state index contributed by atoms with van der Waals surface area (Å²) in [5.41, 5.74) is 2.18. The van der Waals surface area contributed by atoms with Crippen molar-refractivity contribution in [1.29, 1.82) is 0 Å². The normalized spacial score (nSPS) is 22.1. The van der Waals surface area contributed by atoms with Crippen LogP contribution in [-0.4, -0.2) is 42.3 Å². The molecule has 1 amide bonds. The number of rotatable bonds is 4. The van der Waals surface area contributed by atoms with Gasteiger partial charge in [-0.1, -0.05) is 41.0 Å². The Kier molecular flexibility index (Phi) is 5.79. The number of benzene rings is 2. The fourth-order valence-corrected chi connectivity index (χ4v) is 7.18. The molecule has 0 spiro atoms. The fourth-order valence-electron chi connectivity index (χ4n) is 3.18. The van der Waals surface area contributed by atoms with Crippen molar-refractivity contribution in [2.75, 3.05) is 16.8 Å². The first-order valence-corrected chi connectivity index (χ1v) is 12.3. The van der Waals surface area contributed by atoms with Crippen LogP contribution < -0.4 is 10.6 Å². The van der Waals surface area contributed by atoms with E-state index >= 15 is 0 Å². The molecule has 0 bridgehead atoms. The first kappa shape index (κ1) is 20.5. The number of fused-ring (bicyclic) bond motifs is 1. The third-order valence-electron chi connectivity index (χ3n) is 4.65. The minimum absolute atomic E-state index is 0.00563. The Balaban J connectivity index is 1.33. The summed E-state index contributed by atoms with van der Waals surface area (Å²) in [6.07, 6.45) is 0. The van der Waals surface area contributed by atoms with E-state index < -0.39 is 9.84 Å². The molecule has 2 N–H and O–H groups in total. The van der Waals surface area contributed by atoms with E-state index in [0.717, 1.165) is 11.3 Å². The van der Waals surface area contributed by atoms with Gasteiger partial charge in [-0.15, -0.1) is 0 Å². The van der Waals surface area contributed by atoms with E-state index in [-0.39, 0.29) is 28.7 Å². The van der Waals surface area contributed by atoms with Gasteiger partial charge in [-0.25, -0.2) is 8.42 Å². The minimum atomic E-state index is -2.96. The van der Waals surface area contributed by atoms with Crippen molar-refractivity contribution in [3.05, 3.63) is 63.6 Å². The summed E-state index contributed by atoms with van der Waals surface area (Å²) in [5.74, 6) is 0.0953. The molecule has 0 unspecified atom stereocenters. The summed E-state index contributed by atoms with van der Waals surface area (Å²) in [6.45, 7) is 0.342. The molecule has 0 radical (unpaired) electrons. The highest BCUT2D eigenvalue weighted by Crippen LogP contribution is 2.34. The van der Waals surface area contributed by atoms with Gasteiger partial charge in [0.05, 0.1) is 27.6 Å². The summed E-state index contributed by atoms with van der Waals surface area (Å²) in [4.78, 5) is 16.8. The summed E-state index contributed by atoms with van der Waals surface area (Å²) in [7, 11) is -2.96. The molecule has 2 heterocycles. The number of thioether (sulfide) groups is 1. The maximum Gasteiger partial charge on any atom is 0.251 e. The summed E-state index contributed by atoms with van der Waals surface area (Å²) in [6, 6.07) is 12.1. The van der Waals surface area contributed by atoms with Gasteiger partial charge in [-0.2, -0.15) is 0 Å². The van der Waals surface area contributed by atoms with Gasteiger partial charge in [0.2, 0.25) is 0 Å². The Bertz CT molecular complexity index is 1090. The number of hydrogen-bond donors (Lipinski definition) is 2. The molecule has 6 nitrogen and oxygen atoms in total. The zero-order chi connectivity index (χ0) is 20.6. The van der Waals surface area contributed by atoms with E-state index in [1.165, 1.54) is 11.8 Å². The second-order valence-electron chi connectivity index (χ2n) is 6.87. The summed E-state index contributed by atoms with van der Waals surface area (Å²) in [5, 5.41) is 7.66. The zero-order valence-electron chi connectivity index (χ0n) is 15.1. The van der Waals surface area contributed by atoms with Gasteiger partial charge in [0.1, 0.15) is 0 Å². The molecule has 1 fully saturated rings. The molecular formula is C19H17Cl2N3O3S2. The third-order valence-corrected chi connectivity index (χ3v) is 8.53. The maximum atomic E-state index is 12.3. The van der Waals surface area contributed by atoms with Crippen molar-refractivity contribution in [3.8, 4) is 0 Å². The monoisotopic (exact) mass is 469 g/mol. The van der Waals surface area contributed by atoms with Crippen LogP contribution >= 0.6 is 35.0 Å². The maximum absolute atomic E-state index is 12.3. The molecule has 0 aromatic heterocycles. The Labute approximate surface area is 183 Å². The van der Waals surface area contributed by atoms with Crippen molar-refractivity contribution in [1.82, 2.24) is 5.32 Å². The number of hydrogen-bond acceptors (Lipinski definition) is 6. The Morgan fingerprint density at radius 2 is 1.86 bits per heavy atom. The number of carbonyl (C=O) groups is 1. The van der Waals surface area contributed by atoms with Crippen LogP contribution in [0, 0.1) is 0 Å². The molecule has 29 heavy (non-hydrogen) atoms. The average molecular weight is 470 g/mol. The lowest BCUT2D eigenvalue weighted by molar-refractivity contribution is 0.0951. The highest BCUT2D eigenvalue weighted by atomic mass is 35.5. The van der Waals surface area contributed by atoms with E-state index in [2.05, 4.69) is 15.6 Å². The minimum Gasteiger partial charge on any atom is -0.348 e. The van der Waals surface area contributed by atoms with Gasteiger partial charge in [0.25, 0.3) is 5.91 Å². The Hall–Kier alpha value is -1.74. The second kappa shape index (κ2) is 8.18. The molecule has 152 valence electrons. The predicted octanol–water partition coefficient (Wildman–Crippen LogP) is 3.60. The van der Waals surface area contributed by atoms with E-state index in [1.54, 1.807) is 36.4 Å². The SMILES string of the molecule is O=C(NCc1ccc(Cl)c(Cl)c1)c1ccc(NC2=N[C@@H]3CS(=O)(=O)C[C@@H]3S2)cc1. The number of amides is 1. The van der Waals surface area contributed by atoms with Crippen LogP contribution in [0.4, 0.5) is 5.69 Å². The van der Waals surface area contributed by atoms with Crippen LogP contribution in [0.5, 0.6) is 0 Å². The number of nitrogens with zero attached hydrogens (tertiary/aromatic N) is 1. The largest absolute Gasteiger partial charge is 0.348 e. The number of amidine groups is 1. The smallest absolute Gasteiger partial charge is 0.251 e. The van der Waals surface area contributed by atoms with Crippen LogP contribution in [0.2, 0.25) is 10.0 Å². The average Bonchev–Trinajstić information content (AvgIpc) is 3.15.